The monoisotopic (exact) mass is 361 g/mol. The molecule has 4 heteroatoms. The summed E-state index contributed by atoms with van der Waals surface area (Å²) in [5.74, 6) is -0.165. The van der Waals surface area contributed by atoms with Crippen LogP contribution in [0.5, 0.6) is 5.75 Å². The average molecular weight is 361 g/mol. The maximum atomic E-state index is 12.2. The minimum absolute atomic E-state index is 0.0325. The smallest absolute Gasteiger partial charge is 0.255 e. The SMILES string of the molecule is CCC(CC)(CC)NC(=O)c1cc(I)ccc1O. The van der Waals surface area contributed by atoms with Gasteiger partial charge in [0.05, 0.1) is 5.56 Å². The topological polar surface area (TPSA) is 49.3 Å². The van der Waals surface area contributed by atoms with Crippen molar-refractivity contribution < 1.29 is 9.90 Å². The molecule has 3 nitrogen and oxygen atoms in total. The molecule has 1 aromatic carbocycles. The molecule has 2 N–H and O–H groups in total. The van der Waals surface area contributed by atoms with Gasteiger partial charge in [0.1, 0.15) is 5.75 Å². The number of nitrogens with one attached hydrogen (secondary N) is 1. The molecule has 1 rings (SSSR count). The molecule has 100 valence electrons. The third-order valence-electron chi connectivity index (χ3n) is 3.61. The van der Waals surface area contributed by atoms with Crippen molar-refractivity contribution in [2.75, 3.05) is 0 Å². The predicted octanol–water partition coefficient (Wildman–Crippen LogP) is 3.70. The Hall–Kier alpha value is -0.780. The summed E-state index contributed by atoms with van der Waals surface area (Å²) >= 11 is 2.13. The lowest BCUT2D eigenvalue weighted by molar-refractivity contribution is 0.0885. The molecule has 0 aromatic heterocycles. The molecule has 0 spiro atoms. The van der Waals surface area contributed by atoms with Crippen molar-refractivity contribution in [2.45, 2.75) is 45.6 Å². The first-order valence-corrected chi connectivity index (χ1v) is 7.37. The van der Waals surface area contributed by atoms with Crippen LogP contribution in [0.15, 0.2) is 18.2 Å². The van der Waals surface area contributed by atoms with Crippen LogP contribution in [0.3, 0.4) is 0 Å². The molecule has 1 aromatic rings. The number of halogens is 1. The van der Waals surface area contributed by atoms with Gasteiger partial charge >= 0.3 is 0 Å². The first-order chi connectivity index (χ1) is 8.48. The molecule has 0 aliphatic rings. The van der Waals surface area contributed by atoms with E-state index in [2.05, 4.69) is 48.7 Å². The van der Waals surface area contributed by atoms with E-state index in [0.29, 0.717) is 5.56 Å². The van der Waals surface area contributed by atoms with Gasteiger partial charge in [-0.05, 0) is 60.1 Å². The first kappa shape index (κ1) is 15.3. The van der Waals surface area contributed by atoms with E-state index in [4.69, 9.17) is 0 Å². The number of carbonyl (C=O) groups excluding carboxylic acids is 1. The molecule has 0 aliphatic heterocycles. The van der Waals surface area contributed by atoms with Gasteiger partial charge < -0.3 is 10.4 Å². The molecular weight excluding hydrogens is 341 g/mol. The van der Waals surface area contributed by atoms with Crippen molar-refractivity contribution in [1.29, 1.82) is 0 Å². The summed E-state index contributed by atoms with van der Waals surface area (Å²) in [6, 6.07) is 5.04. The normalized spacial score (nSPS) is 11.3. The number of carbonyl (C=O) groups is 1. The van der Waals surface area contributed by atoms with Crippen molar-refractivity contribution in [1.82, 2.24) is 5.32 Å². The Kier molecular flexibility index (Phi) is 5.44. The van der Waals surface area contributed by atoms with E-state index in [9.17, 15) is 9.90 Å². The molecule has 0 atom stereocenters. The van der Waals surface area contributed by atoms with Gasteiger partial charge in [-0.2, -0.15) is 0 Å². The molecule has 0 unspecified atom stereocenters. The van der Waals surface area contributed by atoms with E-state index in [0.717, 1.165) is 22.8 Å². The molecule has 0 fully saturated rings. The number of phenols is 1. The number of hydrogen-bond donors (Lipinski definition) is 2. The van der Waals surface area contributed by atoms with Crippen molar-refractivity contribution in [2.24, 2.45) is 0 Å². The number of benzene rings is 1. The van der Waals surface area contributed by atoms with Crippen molar-refractivity contribution in [3.8, 4) is 5.75 Å². The second kappa shape index (κ2) is 6.41. The van der Waals surface area contributed by atoms with Crippen LogP contribution in [-0.4, -0.2) is 16.6 Å². The fraction of sp³-hybridized carbons (Fsp3) is 0.500. The van der Waals surface area contributed by atoms with Crippen LogP contribution in [-0.2, 0) is 0 Å². The molecule has 18 heavy (non-hydrogen) atoms. The molecule has 0 heterocycles. The number of amides is 1. The van der Waals surface area contributed by atoms with Gasteiger partial charge in [-0.3, -0.25) is 4.79 Å². The highest BCUT2D eigenvalue weighted by atomic mass is 127. The minimum Gasteiger partial charge on any atom is -0.507 e. The van der Waals surface area contributed by atoms with Gasteiger partial charge in [-0.1, -0.05) is 20.8 Å². The lowest BCUT2D eigenvalue weighted by atomic mass is 9.89. The van der Waals surface area contributed by atoms with Gasteiger partial charge in [-0.15, -0.1) is 0 Å². The summed E-state index contributed by atoms with van der Waals surface area (Å²) in [6.45, 7) is 6.21. The molecule has 0 aliphatic carbocycles. The Balaban J connectivity index is 2.97. The summed E-state index contributed by atoms with van der Waals surface area (Å²) in [5.41, 5.74) is 0.173. The highest BCUT2D eigenvalue weighted by molar-refractivity contribution is 14.1. The number of phenolic OH excluding ortho intramolecular Hbond substituents is 1. The first-order valence-electron chi connectivity index (χ1n) is 6.29. The van der Waals surface area contributed by atoms with Crippen LogP contribution in [0.1, 0.15) is 50.4 Å². The average Bonchev–Trinajstić information content (AvgIpc) is 2.38. The highest BCUT2D eigenvalue weighted by Gasteiger charge is 2.27. The zero-order valence-electron chi connectivity index (χ0n) is 11.1. The Labute approximate surface area is 122 Å². The van der Waals surface area contributed by atoms with E-state index >= 15 is 0 Å². The Morgan fingerprint density at radius 3 is 2.33 bits per heavy atom. The van der Waals surface area contributed by atoms with Crippen LogP contribution in [0.25, 0.3) is 0 Å². The summed E-state index contributed by atoms with van der Waals surface area (Å²) in [6.07, 6.45) is 2.66. The standard InChI is InChI=1S/C14H20INO2/c1-4-14(5-2,6-3)16-13(18)11-9-10(15)7-8-12(11)17/h7-9,17H,4-6H2,1-3H3,(H,16,18). The zero-order chi connectivity index (χ0) is 13.8. The lowest BCUT2D eigenvalue weighted by Crippen LogP contribution is -2.47. The number of rotatable bonds is 5. The summed E-state index contributed by atoms with van der Waals surface area (Å²) in [4.78, 5) is 12.2. The van der Waals surface area contributed by atoms with Crippen LogP contribution in [0.2, 0.25) is 0 Å². The second-order valence-corrected chi connectivity index (χ2v) is 5.70. The van der Waals surface area contributed by atoms with Crippen molar-refractivity contribution in [3.63, 3.8) is 0 Å². The Morgan fingerprint density at radius 2 is 1.83 bits per heavy atom. The van der Waals surface area contributed by atoms with E-state index in [1.54, 1.807) is 18.2 Å². The quantitative estimate of drug-likeness (QED) is 0.786. The maximum Gasteiger partial charge on any atom is 0.255 e. The fourth-order valence-electron chi connectivity index (χ4n) is 2.01. The summed E-state index contributed by atoms with van der Waals surface area (Å²) in [5, 5.41) is 12.8. The van der Waals surface area contributed by atoms with E-state index in [1.165, 1.54) is 0 Å². The number of hydrogen-bond acceptors (Lipinski definition) is 2. The van der Waals surface area contributed by atoms with Crippen LogP contribution in [0.4, 0.5) is 0 Å². The number of aromatic hydroxyl groups is 1. The van der Waals surface area contributed by atoms with E-state index in [1.807, 2.05) is 0 Å². The molecule has 0 saturated heterocycles. The molecule has 0 bridgehead atoms. The van der Waals surface area contributed by atoms with Gasteiger partial charge in [-0.25, -0.2) is 0 Å². The summed E-state index contributed by atoms with van der Waals surface area (Å²) < 4.78 is 0.936. The fourth-order valence-corrected chi connectivity index (χ4v) is 2.50. The van der Waals surface area contributed by atoms with Crippen LogP contribution >= 0.6 is 22.6 Å². The predicted molar refractivity (Wildman–Crippen MR) is 81.9 cm³/mol. The Bertz CT molecular complexity index is 420. The third-order valence-corrected chi connectivity index (χ3v) is 4.28. The second-order valence-electron chi connectivity index (χ2n) is 4.46. The molecule has 0 radical (unpaired) electrons. The van der Waals surface area contributed by atoms with Gasteiger partial charge in [0.15, 0.2) is 0 Å². The largest absolute Gasteiger partial charge is 0.507 e. The van der Waals surface area contributed by atoms with Gasteiger partial charge in [0.25, 0.3) is 5.91 Å². The maximum absolute atomic E-state index is 12.2. The zero-order valence-corrected chi connectivity index (χ0v) is 13.2. The molecule has 1 amide bonds. The van der Waals surface area contributed by atoms with Crippen molar-refractivity contribution in [3.05, 3.63) is 27.3 Å². The van der Waals surface area contributed by atoms with Crippen molar-refractivity contribution >= 4 is 28.5 Å². The van der Waals surface area contributed by atoms with Gasteiger partial charge in [0, 0.05) is 9.11 Å². The third kappa shape index (κ3) is 3.37. The van der Waals surface area contributed by atoms with Gasteiger partial charge in [0.2, 0.25) is 0 Å². The molecular formula is C14H20INO2. The molecule has 0 saturated carbocycles. The van der Waals surface area contributed by atoms with E-state index in [-0.39, 0.29) is 17.2 Å². The summed E-state index contributed by atoms with van der Waals surface area (Å²) in [7, 11) is 0. The minimum atomic E-state index is -0.198. The van der Waals surface area contributed by atoms with E-state index < -0.39 is 0 Å². The Morgan fingerprint density at radius 1 is 1.28 bits per heavy atom. The highest BCUT2D eigenvalue weighted by Crippen LogP contribution is 2.23. The van der Waals surface area contributed by atoms with Crippen LogP contribution < -0.4 is 5.32 Å². The lowest BCUT2D eigenvalue weighted by Gasteiger charge is -2.31. The van der Waals surface area contributed by atoms with Crippen LogP contribution in [0, 0.1) is 3.57 Å².